The molecule has 0 heterocycles. The van der Waals surface area contributed by atoms with Crippen molar-refractivity contribution in [2.75, 3.05) is 19.0 Å². The molecule has 0 aliphatic carbocycles. The fourth-order valence-corrected chi connectivity index (χ4v) is 3.06. The van der Waals surface area contributed by atoms with Crippen molar-refractivity contribution in [3.8, 4) is 23.0 Å². The first kappa shape index (κ1) is 21.1. The van der Waals surface area contributed by atoms with Crippen LogP contribution in [0.3, 0.4) is 0 Å². The van der Waals surface area contributed by atoms with Gasteiger partial charge in [0.15, 0.2) is 11.5 Å². The number of hydrogen-bond donors (Lipinski definition) is 1. The highest BCUT2D eigenvalue weighted by molar-refractivity contribution is 5.52. The Kier molecular flexibility index (Phi) is 7.56. The monoisotopic (exact) mass is 401 g/mol. The van der Waals surface area contributed by atoms with Crippen molar-refractivity contribution in [3.63, 3.8) is 0 Å². The van der Waals surface area contributed by atoms with Crippen molar-refractivity contribution in [1.82, 2.24) is 0 Å². The Labute approximate surface area is 178 Å². The Bertz CT molecular complexity index is 966. The van der Waals surface area contributed by atoms with E-state index < -0.39 is 0 Å². The van der Waals surface area contributed by atoms with Crippen LogP contribution in [-0.4, -0.2) is 13.7 Å². The fraction of sp³-hybridized carbons (Fsp3) is 0.154. The lowest BCUT2D eigenvalue weighted by molar-refractivity contribution is 0.323. The highest BCUT2D eigenvalue weighted by atomic mass is 16.5. The normalized spacial score (nSPS) is 10.2. The molecular formula is C26H27NO3. The molecule has 0 aromatic heterocycles. The van der Waals surface area contributed by atoms with Gasteiger partial charge in [0.25, 0.3) is 0 Å². The Morgan fingerprint density at radius 3 is 2.30 bits per heavy atom. The lowest BCUT2D eigenvalue weighted by Gasteiger charge is -2.16. The van der Waals surface area contributed by atoms with E-state index in [1.807, 2.05) is 66.7 Å². The quantitative estimate of drug-likeness (QED) is 0.378. The summed E-state index contributed by atoms with van der Waals surface area (Å²) in [6, 6.07) is 21.7. The minimum absolute atomic E-state index is 0.426. The van der Waals surface area contributed by atoms with Crippen LogP contribution in [0.1, 0.15) is 11.1 Å². The number of allylic oxidation sites excluding steroid dienone is 1. The van der Waals surface area contributed by atoms with Crippen molar-refractivity contribution >= 4 is 5.69 Å². The molecule has 0 bridgehead atoms. The summed E-state index contributed by atoms with van der Waals surface area (Å²) in [5, 5.41) is 3.44. The maximum atomic E-state index is 5.84. The van der Waals surface area contributed by atoms with E-state index in [2.05, 4.69) is 24.5 Å². The molecule has 3 rings (SSSR count). The summed E-state index contributed by atoms with van der Waals surface area (Å²) in [5.74, 6) is 3.06. The molecule has 0 unspecified atom stereocenters. The van der Waals surface area contributed by atoms with E-state index in [-0.39, 0.29) is 0 Å². The molecule has 0 amide bonds. The Hall–Kier alpha value is -3.66. The molecule has 0 aliphatic heterocycles. The molecule has 0 fully saturated rings. The summed E-state index contributed by atoms with van der Waals surface area (Å²) in [4.78, 5) is 0. The van der Waals surface area contributed by atoms with Gasteiger partial charge < -0.3 is 19.5 Å². The van der Waals surface area contributed by atoms with E-state index in [1.54, 1.807) is 13.2 Å². The number of hydrogen-bond acceptors (Lipinski definition) is 4. The number of anilines is 1. The second kappa shape index (κ2) is 10.8. The van der Waals surface area contributed by atoms with Gasteiger partial charge >= 0.3 is 0 Å². The van der Waals surface area contributed by atoms with Gasteiger partial charge in [0.2, 0.25) is 0 Å². The third kappa shape index (κ3) is 5.67. The molecule has 0 atom stereocenters. The SMILES string of the molecule is C=CCOc1c(CC=C)cc(CNc2ccc(Oc3ccccc3)cc2)cc1OC. The molecule has 0 radical (unpaired) electrons. The smallest absolute Gasteiger partial charge is 0.165 e. The van der Waals surface area contributed by atoms with Crippen molar-refractivity contribution in [2.24, 2.45) is 0 Å². The lowest BCUT2D eigenvalue weighted by atomic mass is 10.1. The molecule has 154 valence electrons. The van der Waals surface area contributed by atoms with Crippen LogP contribution in [0.25, 0.3) is 0 Å². The molecule has 1 N–H and O–H groups in total. The number of nitrogens with one attached hydrogen (secondary N) is 1. The number of para-hydroxylation sites is 1. The van der Waals surface area contributed by atoms with Crippen LogP contribution in [-0.2, 0) is 13.0 Å². The molecule has 30 heavy (non-hydrogen) atoms. The number of methoxy groups -OCH3 is 1. The second-order valence-electron chi connectivity index (χ2n) is 6.67. The predicted molar refractivity (Wildman–Crippen MR) is 123 cm³/mol. The third-order valence-corrected chi connectivity index (χ3v) is 4.45. The highest BCUT2D eigenvalue weighted by Crippen LogP contribution is 2.34. The van der Waals surface area contributed by atoms with Crippen LogP contribution in [0.2, 0.25) is 0 Å². The summed E-state index contributed by atoms with van der Waals surface area (Å²) in [7, 11) is 1.65. The lowest BCUT2D eigenvalue weighted by Crippen LogP contribution is -2.04. The Balaban J connectivity index is 1.69. The summed E-state index contributed by atoms with van der Waals surface area (Å²) in [6.45, 7) is 8.64. The van der Waals surface area contributed by atoms with Gasteiger partial charge in [-0.05, 0) is 60.5 Å². The van der Waals surface area contributed by atoms with Gasteiger partial charge in [0.05, 0.1) is 7.11 Å². The van der Waals surface area contributed by atoms with E-state index in [0.717, 1.165) is 34.1 Å². The van der Waals surface area contributed by atoms with E-state index in [9.17, 15) is 0 Å². The zero-order valence-corrected chi connectivity index (χ0v) is 17.3. The Morgan fingerprint density at radius 2 is 1.63 bits per heavy atom. The molecule has 3 aromatic rings. The van der Waals surface area contributed by atoms with Crippen LogP contribution in [0.15, 0.2) is 92.0 Å². The van der Waals surface area contributed by atoms with Gasteiger partial charge in [0.1, 0.15) is 18.1 Å². The summed E-state index contributed by atoms with van der Waals surface area (Å²) < 4.78 is 17.2. The number of rotatable bonds is 11. The standard InChI is InChI=1S/C26H27NO3/c1-4-9-21-17-20(18-25(28-3)26(21)29-16-5-2)19-27-22-12-14-24(15-13-22)30-23-10-7-6-8-11-23/h4-8,10-15,17-18,27H,1-2,9,16,19H2,3H3. The molecule has 3 aromatic carbocycles. The molecule has 0 saturated carbocycles. The molecule has 4 heteroatoms. The highest BCUT2D eigenvalue weighted by Gasteiger charge is 2.12. The van der Waals surface area contributed by atoms with Gasteiger partial charge in [-0.1, -0.05) is 36.9 Å². The summed E-state index contributed by atoms with van der Waals surface area (Å²) in [6.07, 6.45) is 4.28. The first-order valence-electron chi connectivity index (χ1n) is 9.84. The van der Waals surface area contributed by atoms with Gasteiger partial charge in [-0.2, -0.15) is 0 Å². The zero-order valence-electron chi connectivity index (χ0n) is 17.3. The van der Waals surface area contributed by atoms with Gasteiger partial charge in [-0.15, -0.1) is 6.58 Å². The van der Waals surface area contributed by atoms with Crippen LogP contribution in [0, 0.1) is 0 Å². The average Bonchev–Trinajstić information content (AvgIpc) is 2.78. The van der Waals surface area contributed by atoms with E-state index >= 15 is 0 Å². The van der Waals surface area contributed by atoms with Crippen molar-refractivity contribution in [2.45, 2.75) is 13.0 Å². The molecule has 0 spiro atoms. The minimum Gasteiger partial charge on any atom is -0.493 e. The van der Waals surface area contributed by atoms with Crippen molar-refractivity contribution in [1.29, 1.82) is 0 Å². The molecular weight excluding hydrogens is 374 g/mol. The number of ether oxygens (including phenoxy) is 3. The van der Waals surface area contributed by atoms with E-state index in [1.165, 1.54) is 0 Å². The van der Waals surface area contributed by atoms with Crippen LogP contribution in [0.5, 0.6) is 23.0 Å². The van der Waals surface area contributed by atoms with Crippen LogP contribution >= 0.6 is 0 Å². The third-order valence-electron chi connectivity index (χ3n) is 4.45. The first-order chi connectivity index (χ1) is 14.7. The maximum Gasteiger partial charge on any atom is 0.165 e. The van der Waals surface area contributed by atoms with E-state index in [4.69, 9.17) is 14.2 Å². The molecule has 4 nitrogen and oxygen atoms in total. The van der Waals surface area contributed by atoms with Crippen LogP contribution < -0.4 is 19.5 Å². The second-order valence-corrected chi connectivity index (χ2v) is 6.67. The Morgan fingerprint density at radius 1 is 0.900 bits per heavy atom. The van der Waals surface area contributed by atoms with Gasteiger partial charge in [-0.25, -0.2) is 0 Å². The largest absolute Gasteiger partial charge is 0.493 e. The minimum atomic E-state index is 0.426. The predicted octanol–water partition coefficient (Wildman–Crippen LogP) is 6.39. The summed E-state index contributed by atoms with van der Waals surface area (Å²) >= 11 is 0. The molecule has 0 aliphatic rings. The molecule has 0 saturated heterocycles. The maximum absolute atomic E-state index is 5.84. The summed E-state index contributed by atoms with van der Waals surface area (Å²) in [5.41, 5.74) is 3.14. The topological polar surface area (TPSA) is 39.7 Å². The van der Waals surface area contributed by atoms with Gasteiger partial charge in [-0.3, -0.25) is 0 Å². The zero-order chi connectivity index (χ0) is 21.2. The fourth-order valence-electron chi connectivity index (χ4n) is 3.06. The van der Waals surface area contributed by atoms with Gasteiger partial charge in [0, 0.05) is 17.8 Å². The first-order valence-corrected chi connectivity index (χ1v) is 9.84. The van der Waals surface area contributed by atoms with Crippen LogP contribution in [0.4, 0.5) is 5.69 Å². The van der Waals surface area contributed by atoms with Crippen molar-refractivity contribution < 1.29 is 14.2 Å². The average molecular weight is 402 g/mol. The van der Waals surface area contributed by atoms with E-state index in [0.29, 0.717) is 25.3 Å². The van der Waals surface area contributed by atoms with Crippen molar-refractivity contribution in [3.05, 3.63) is 103 Å². The number of benzene rings is 3.